The fourth-order valence-electron chi connectivity index (χ4n) is 4.15. The molecule has 10 nitrogen and oxygen atoms in total. The van der Waals surface area contributed by atoms with Crippen LogP contribution in [0.2, 0.25) is 0 Å². The second-order valence-electron chi connectivity index (χ2n) is 8.13. The van der Waals surface area contributed by atoms with Crippen LogP contribution in [-0.4, -0.2) is 91.3 Å². The number of halogens is 1. The molecule has 3 heterocycles. The molecule has 0 aromatic heterocycles. The molecule has 3 aliphatic rings. The summed E-state index contributed by atoms with van der Waals surface area (Å²) in [6.45, 7) is 0.301. The van der Waals surface area contributed by atoms with E-state index in [9.17, 15) is 27.2 Å². The van der Waals surface area contributed by atoms with E-state index >= 15 is 0 Å². The lowest BCUT2D eigenvalue weighted by Gasteiger charge is -2.41. The third-order valence-electron chi connectivity index (χ3n) is 6.00. The first-order chi connectivity index (χ1) is 15.8. The molecule has 3 fully saturated rings. The summed E-state index contributed by atoms with van der Waals surface area (Å²) in [5, 5.41) is 8.47. The van der Waals surface area contributed by atoms with Crippen LogP contribution in [0.1, 0.15) is 12.8 Å². The highest BCUT2D eigenvalue weighted by Crippen LogP contribution is 2.23. The van der Waals surface area contributed by atoms with Gasteiger partial charge in [0.1, 0.15) is 17.9 Å². The van der Waals surface area contributed by atoms with Crippen molar-refractivity contribution in [3.63, 3.8) is 0 Å². The van der Waals surface area contributed by atoms with Crippen molar-refractivity contribution < 1.29 is 27.2 Å². The van der Waals surface area contributed by atoms with Crippen LogP contribution in [0.3, 0.4) is 0 Å². The smallest absolute Gasteiger partial charge is 0.244 e. The van der Waals surface area contributed by atoms with Crippen molar-refractivity contribution in [3.05, 3.63) is 30.1 Å². The highest BCUT2D eigenvalue weighted by atomic mass is 32.2. The molecule has 0 saturated carbocycles. The number of hydrogen-bond donors (Lipinski definition) is 3. The van der Waals surface area contributed by atoms with Gasteiger partial charge in [-0.1, -0.05) is 0 Å². The van der Waals surface area contributed by atoms with Gasteiger partial charge in [-0.3, -0.25) is 19.7 Å². The number of carbonyl (C=O) groups excluding carboxylic acids is 3. The van der Waals surface area contributed by atoms with Gasteiger partial charge in [0, 0.05) is 37.8 Å². The van der Waals surface area contributed by atoms with Crippen LogP contribution < -0.4 is 16.0 Å². The molecule has 0 radical (unpaired) electrons. The number of rotatable bonds is 5. The second kappa shape index (κ2) is 9.95. The molecule has 0 bridgehead atoms. The lowest BCUT2D eigenvalue weighted by molar-refractivity contribution is -0.144. The van der Waals surface area contributed by atoms with E-state index in [1.807, 2.05) is 0 Å². The fourth-order valence-corrected chi connectivity index (χ4v) is 6.52. The first-order valence-electron chi connectivity index (χ1n) is 10.7. The standard InChI is InChI=1S/C20H26FN5O5S2/c21-13-3-5-14(6-4-13)33(30,31)25-8-9-26(20(29)16-11-32-12-23-16)17(10-25)19(28)24-15-2-1-7-22-18(15)27/h3-6,15-17,23H,1-2,7-12H2,(H,22,27)(H,24,28)/t15-,16-,17+/m1/s1. The lowest BCUT2D eigenvalue weighted by atomic mass is 10.1. The molecule has 0 unspecified atom stereocenters. The molecule has 1 aromatic rings. The van der Waals surface area contributed by atoms with E-state index in [0.717, 1.165) is 16.4 Å². The fraction of sp³-hybridized carbons (Fsp3) is 0.550. The summed E-state index contributed by atoms with van der Waals surface area (Å²) in [5.41, 5.74) is 0. The Labute approximate surface area is 195 Å². The zero-order valence-electron chi connectivity index (χ0n) is 17.8. The molecule has 0 spiro atoms. The molecule has 3 N–H and O–H groups in total. The number of sulfonamides is 1. The monoisotopic (exact) mass is 499 g/mol. The maximum absolute atomic E-state index is 13.3. The number of thioether (sulfide) groups is 1. The van der Waals surface area contributed by atoms with Gasteiger partial charge in [-0.05, 0) is 37.1 Å². The molecule has 3 atom stereocenters. The van der Waals surface area contributed by atoms with E-state index in [4.69, 9.17) is 0 Å². The van der Waals surface area contributed by atoms with Gasteiger partial charge in [0.2, 0.25) is 27.7 Å². The Morgan fingerprint density at radius 1 is 1.18 bits per heavy atom. The molecule has 3 aliphatic heterocycles. The molecular weight excluding hydrogens is 473 g/mol. The number of nitrogens with zero attached hydrogens (tertiary/aromatic N) is 2. The number of nitrogens with one attached hydrogen (secondary N) is 3. The average molecular weight is 500 g/mol. The number of amides is 3. The van der Waals surface area contributed by atoms with Crippen molar-refractivity contribution in [2.75, 3.05) is 37.8 Å². The number of piperazine rings is 1. The van der Waals surface area contributed by atoms with Gasteiger partial charge in [-0.2, -0.15) is 4.31 Å². The van der Waals surface area contributed by atoms with Gasteiger partial charge in [0.15, 0.2) is 0 Å². The van der Waals surface area contributed by atoms with Crippen LogP contribution in [0.25, 0.3) is 0 Å². The summed E-state index contributed by atoms with van der Waals surface area (Å²) in [6.07, 6.45) is 1.18. The molecule has 3 amide bonds. The van der Waals surface area contributed by atoms with Crippen molar-refractivity contribution in [2.24, 2.45) is 0 Å². The average Bonchev–Trinajstić information content (AvgIpc) is 3.35. The summed E-state index contributed by atoms with van der Waals surface area (Å²) in [7, 11) is -4.01. The Morgan fingerprint density at radius 2 is 1.94 bits per heavy atom. The summed E-state index contributed by atoms with van der Waals surface area (Å²) < 4.78 is 40.7. The minimum absolute atomic E-state index is 0.000985. The number of hydrogen-bond acceptors (Lipinski definition) is 7. The number of benzene rings is 1. The van der Waals surface area contributed by atoms with E-state index in [1.54, 1.807) is 11.8 Å². The van der Waals surface area contributed by atoms with Crippen LogP contribution >= 0.6 is 11.8 Å². The zero-order chi connectivity index (χ0) is 23.6. The summed E-state index contributed by atoms with van der Waals surface area (Å²) in [4.78, 5) is 39.8. The summed E-state index contributed by atoms with van der Waals surface area (Å²) in [5.74, 6) is -0.523. The van der Waals surface area contributed by atoms with Crippen molar-refractivity contribution in [3.8, 4) is 0 Å². The van der Waals surface area contributed by atoms with E-state index in [2.05, 4.69) is 16.0 Å². The molecule has 33 heavy (non-hydrogen) atoms. The summed E-state index contributed by atoms with van der Waals surface area (Å²) >= 11 is 1.57. The van der Waals surface area contributed by atoms with E-state index in [-0.39, 0.29) is 36.3 Å². The highest BCUT2D eigenvalue weighted by Gasteiger charge is 2.43. The SMILES string of the molecule is O=C1NCCC[C@H]1NC(=O)[C@@H]1CN(S(=O)(=O)c2ccc(F)cc2)CCN1C(=O)[C@H]1CSCN1. The maximum atomic E-state index is 13.3. The van der Waals surface area contributed by atoms with Gasteiger partial charge in [-0.15, -0.1) is 11.8 Å². The van der Waals surface area contributed by atoms with Gasteiger partial charge < -0.3 is 15.5 Å². The maximum Gasteiger partial charge on any atom is 0.244 e. The molecular formula is C20H26FN5O5S2. The lowest BCUT2D eigenvalue weighted by Crippen LogP contribution is -2.65. The quantitative estimate of drug-likeness (QED) is 0.478. The zero-order valence-corrected chi connectivity index (χ0v) is 19.5. The van der Waals surface area contributed by atoms with Gasteiger partial charge in [-0.25, -0.2) is 12.8 Å². The third-order valence-corrected chi connectivity index (χ3v) is 8.82. The predicted molar refractivity (Wildman–Crippen MR) is 119 cm³/mol. The molecule has 4 rings (SSSR count). The molecule has 3 saturated heterocycles. The van der Waals surface area contributed by atoms with Crippen LogP contribution in [0.15, 0.2) is 29.2 Å². The van der Waals surface area contributed by atoms with Crippen LogP contribution in [0, 0.1) is 5.82 Å². The third kappa shape index (κ3) is 5.15. The first-order valence-corrected chi connectivity index (χ1v) is 13.3. The Kier molecular flexibility index (Phi) is 7.22. The van der Waals surface area contributed by atoms with Crippen molar-refractivity contribution >= 4 is 39.5 Å². The minimum atomic E-state index is -4.01. The van der Waals surface area contributed by atoms with Crippen LogP contribution in [0.5, 0.6) is 0 Å². The normalized spacial score (nSPS) is 26.6. The van der Waals surface area contributed by atoms with E-state index < -0.39 is 39.9 Å². The number of piperidine rings is 1. The highest BCUT2D eigenvalue weighted by molar-refractivity contribution is 7.99. The van der Waals surface area contributed by atoms with Gasteiger partial charge in [0.05, 0.1) is 10.9 Å². The van der Waals surface area contributed by atoms with Crippen molar-refractivity contribution in [1.29, 1.82) is 0 Å². The van der Waals surface area contributed by atoms with Crippen molar-refractivity contribution in [2.45, 2.75) is 35.9 Å². The predicted octanol–water partition coefficient (Wildman–Crippen LogP) is -0.915. The minimum Gasteiger partial charge on any atom is -0.354 e. The molecule has 0 aliphatic carbocycles. The molecule has 13 heteroatoms. The van der Waals surface area contributed by atoms with Gasteiger partial charge in [0.25, 0.3) is 0 Å². The Bertz CT molecular complexity index is 1020. The Morgan fingerprint density at radius 3 is 2.61 bits per heavy atom. The van der Waals surface area contributed by atoms with Crippen molar-refractivity contribution in [1.82, 2.24) is 25.2 Å². The first kappa shape index (κ1) is 23.9. The number of carbonyl (C=O) groups is 3. The van der Waals surface area contributed by atoms with Crippen LogP contribution in [0.4, 0.5) is 4.39 Å². The van der Waals surface area contributed by atoms with Gasteiger partial charge >= 0.3 is 0 Å². The Balaban J connectivity index is 1.56. The largest absolute Gasteiger partial charge is 0.354 e. The Hall–Kier alpha value is -2.22. The summed E-state index contributed by atoms with van der Waals surface area (Å²) in [6, 6.07) is 2.18. The molecule has 180 valence electrons. The topological polar surface area (TPSA) is 128 Å². The van der Waals surface area contributed by atoms with E-state index in [0.29, 0.717) is 31.0 Å². The second-order valence-corrected chi connectivity index (χ2v) is 11.1. The van der Waals surface area contributed by atoms with E-state index in [1.165, 1.54) is 17.0 Å². The molecule has 1 aromatic carbocycles. The van der Waals surface area contributed by atoms with Crippen LogP contribution in [-0.2, 0) is 24.4 Å².